The standard InChI is InChI=1S/C20H20N4O2/c25-19-12-16(13-24(19)14-17-8-4-5-11-21-17)20-22-18(23-26-20)10-9-15-6-2-1-3-7-15/h1-8,11,16H,9-10,12-14H2/t16-/m0/s1. The number of carbonyl (C=O) groups is 1. The molecule has 6 nitrogen and oxygen atoms in total. The monoisotopic (exact) mass is 348 g/mol. The smallest absolute Gasteiger partial charge is 0.232 e. The molecule has 0 spiro atoms. The molecule has 1 atom stereocenters. The molecular weight excluding hydrogens is 328 g/mol. The molecule has 4 rings (SSSR count). The lowest BCUT2D eigenvalue weighted by molar-refractivity contribution is -0.128. The lowest BCUT2D eigenvalue weighted by atomic mass is 10.1. The first-order valence-corrected chi connectivity index (χ1v) is 8.82. The van der Waals surface area contributed by atoms with Gasteiger partial charge in [-0.2, -0.15) is 4.98 Å². The Morgan fingerprint density at radius 2 is 1.92 bits per heavy atom. The Balaban J connectivity index is 1.36. The molecule has 0 N–H and O–H groups in total. The van der Waals surface area contributed by atoms with E-state index in [0.29, 0.717) is 31.2 Å². The van der Waals surface area contributed by atoms with E-state index in [2.05, 4.69) is 27.3 Å². The number of carbonyl (C=O) groups excluding carboxylic acids is 1. The molecule has 1 amide bonds. The average Bonchev–Trinajstić information content (AvgIpc) is 3.29. The van der Waals surface area contributed by atoms with Gasteiger partial charge in [0.1, 0.15) is 0 Å². The summed E-state index contributed by atoms with van der Waals surface area (Å²) in [7, 11) is 0. The quantitative estimate of drug-likeness (QED) is 0.685. The Bertz CT molecular complexity index is 864. The first kappa shape index (κ1) is 16.4. The fourth-order valence-corrected chi connectivity index (χ4v) is 3.21. The number of hydrogen-bond donors (Lipinski definition) is 0. The van der Waals surface area contributed by atoms with Gasteiger partial charge < -0.3 is 9.42 Å². The summed E-state index contributed by atoms with van der Waals surface area (Å²) < 4.78 is 5.43. The number of aryl methyl sites for hydroxylation is 2. The number of pyridine rings is 1. The molecular formula is C20H20N4O2. The average molecular weight is 348 g/mol. The highest BCUT2D eigenvalue weighted by Crippen LogP contribution is 2.28. The van der Waals surface area contributed by atoms with Crippen LogP contribution >= 0.6 is 0 Å². The van der Waals surface area contributed by atoms with Crippen LogP contribution in [0.15, 0.2) is 59.3 Å². The molecule has 0 bridgehead atoms. The predicted octanol–water partition coefficient (Wildman–Crippen LogP) is 2.77. The van der Waals surface area contributed by atoms with Crippen LogP contribution in [0, 0.1) is 0 Å². The minimum absolute atomic E-state index is 0.0378. The molecule has 1 aliphatic heterocycles. The van der Waals surface area contributed by atoms with E-state index in [4.69, 9.17) is 4.52 Å². The largest absolute Gasteiger partial charge is 0.339 e. The molecule has 0 saturated carbocycles. The molecule has 3 aromatic rings. The van der Waals surface area contributed by atoms with Gasteiger partial charge in [-0.05, 0) is 24.1 Å². The van der Waals surface area contributed by atoms with Gasteiger partial charge in [0, 0.05) is 25.6 Å². The Morgan fingerprint density at radius 3 is 2.73 bits per heavy atom. The van der Waals surface area contributed by atoms with Crippen LogP contribution in [0.4, 0.5) is 0 Å². The van der Waals surface area contributed by atoms with Gasteiger partial charge in [-0.25, -0.2) is 0 Å². The predicted molar refractivity (Wildman–Crippen MR) is 95.2 cm³/mol. The van der Waals surface area contributed by atoms with Crippen molar-refractivity contribution in [1.82, 2.24) is 20.0 Å². The van der Waals surface area contributed by atoms with Crippen LogP contribution in [0.5, 0.6) is 0 Å². The van der Waals surface area contributed by atoms with E-state index in [1.54, 1.807) is 11.1 Å². The SMILES string of the molecule is O=C1C[C@H](c2nc(CCc3ccccc3)no2)CN1Cc1ccccn1. The zero-order valence-electron chi connectivity index (χ0n) is 14.4. The number of aromatic nitrogens is 3. The van der Waals surface area contributed by atoms with Gasteiger partial charge in [0.2, 0.25) is 11.8 Å². The maximum absolute atomic E-state index is 12.3. The van der Waals surface area contributed by atoms with E-state index in [1.165, 1.54) is 5.56 Å². The zero-order chi connectivity index (χ0) is 17.8. The van der Waals surface area contributed by atoms with Crippen molar-refractivity contribution in [2.75, 3.05) is 6.54 Å². The van der Waals surface area contributed by atoms with Gasteiger partial charge in [-0.1, -0.05) is 41.6 Å². The number of hydrogen-bond acceptors (Lipinski definition) is 5. The van der Waals surface area contributed by atoms with Gasteiger partial charge in [-0.3, -0.25) is 9.78 Å². The summed E-state index contributed by atoms with van der Waals surface area (Å²) in [6.07, 6.45) is 3.75. The highest BCUT2D eigenvalue weighted by molar-refractivity contribution is 5.79. The lowest BCUT2D eigenvalue weighted by Gasteiger charge is -2.15. The fraction of sp³-hybridized carbons (Fsp3) is 0.300. The van der Waals surface area contributed by atoms with Crippen molar-refractivity contribution in [3.63, 3.8) is 0 Å². The summed E-state index contributed by atoms with van der Waals surface area (Å²) in [5.74, 6) is 1.32. The minimum Gasteiger partial charge on any atom is -0.339 e. The molecule has 0 unspecified atom stereocenters. The van der Waals surface area contributed by atoms with Crippen molar-refractivity contribution in [2.45, 2.75) is 31.7 Å². The molecule has 1 fully saturated rings. The molecule has 1 saturated heterocycles. The molecule has 2 aromatic heterocycles. The third-order valence-corrected chi connectivity index (χ3v) is 4.61. The topological polar surface area (TPSA) is 72.1 Å². The molecule has 3 heterocycles. The van der Waals surface area contributed by atoms with Gasteiger partial charge in [0.25, 0.3) is 0 Å². The van der Waals surface area contributed by atoms with E-state index < -0.39 is 0 Å². The van der Waals surface area contributed by atoms with Gasteiger partial charge in [0.15, 0.2) is 5.82 Å². The van der Waals surface area contributed by atoms with Crippen LogP contribution < -0.4 is 0 Å². The summed E-state index contributed by atoms with van der Waals surface area (Å²) in [4.78, 5) is 22.9. The van der Waals surface area contributed by atoms with Crippen LogP contribution in [0.3, 0.4) is 0 Å². The fourth-order valence-electron chi connectivity index (χ4n) is 3.21. The van der Waals surface area contributed by atoms with Crippen LogP contribution in [-0.2, 0) is 24.2 Å². The molecule has 1 aliphatic rings. The van der Waals surface area contributed by atoms with Crippen molar-refractivity contribution < 1.29 is 9.32 Å². The lowest BCUT2D eigenvalue weighted by Crippen LogP contribution is -2.24. The third-order valence-electron chi connectivity index (χ3n) is 4.61. The molecule has 26 heavy (non-hydrogen) atoms. The highest BCUT2D eigenvalue weighted by Gasteiger charge is 2.34. The van der Waals surface area contributed by atoms with E-state index >= 15 is 0 Å². The summed E-state index contributed by atoms with van der Waals surface area (Å²) in [5, 5.41) is 4.08. The van der Waals surface area contributed by atoms with Crippen LogP contribution in [0.1, 0.15) is 35.3 Å². The second kappa shape index (κ2) is 7.47. The zero-order valence-corrected chi connectivity index (χ0v) is 14.4. The summed E-state index contributed by atoms with van der Waals surface area (Å²) in [6, 6.07) is 16.0. The second-order valence-electron chi connectivity index (χ2n) is 6.53. The van der Waals surface area contributed by atoms with Gasteiger partial charge in [-0.15, -0.1) is 0 Å². The normalized spacial score (nSPS) is 17.0. The summed E-state index contributed by atoms with van der Waals surface area (Å²) >= 11 is 0. The van der Waals surface area contributed by atoms with Crippen molar-refractivity contribution in [3.8, 4) is 0 Å². The number of likely N-dealkylation sites (tertiary alicyclic amines) is 1. The molecule has 1 aromatic carbocycles. The Morgan fingerprint density at radius 1 is 1.08 bits per heavy atom. The second-order valence-corrected chi connectivity index (χ2v) is 6.53. The minimum atomic E-state index is -0.0378. The van der Waals surface area contributed by atoms with Crippen molar-refractivity contribution >= 4 is 5.91 Å². The Labute approximate surface area is 151 Å². The Hall–Kier alpha value is -3.02. The third kappa shape index (κ3) is 3.79. The number of nitrogens with zero attached hydrogens (tertiary/aromatic N) is 4. The Kier molecular flexibility index (Phi) is 4.73. The van der Waals surface area contributed by atoms with Gasteiger partial charge >= 0.3 is 0 Å². The summed E-state index contributed by atoms with van der Waals surface area (Å²) in [6.45, 7) is 1.11. The number of benzene rings is 1. The van der Waals surface area contributed by atoms with E-state index in [1.807, 2.05) is 36.4 Å². The number of rotatable bonds is 6. The summed E-state index contributed by atoms with van der Waals surface area (Å²) in [5.41, 5.74) is 2.13. The first-order chi connectivity index (χ1) is 12.8. The van der Waals surface area contributed by atoms with Crippen molar-refractivity contribution in [3.05, 3.63) is 77.7 Å². The molecule has 0 aliphatic carbocycles. The van der Waals surface area contributed by atoms with Crippen LogP contribution in [-0.4, -0.2) is 32.5 Å². The van der Waals surface area contributed by atoms with E-state index in [0.717, 1.165) is 18.5 Å². The van der Waals surface area contributed by atoms with Crippen molar-refractivity contribution in [2.24, 2.45) is 0 Å². The van der Waals surface area contributed by atoms with Crippen LogP contribution in [0.25, 0.3) is 0 Å². The maximum atomic E-state index is 12.3. The molecule has 6 heteroatoms. The first-order valence-electron chi connectivity index (χ1n) is 8.82. The van der Waals surface area contributed by atoms with E-state index in [9.17, 15) is 4.79 Å². The highest BCUT2D eigenvalue weighted by atomic mass is 16.5. The van der Waals surface area contributed by atoms with Crippen molar-refractivity contribution in [1.29, 1.82) is 0 Å². The molecule has 0 radical (unpaired) electrons. The number of amides is 1. The van der Waals surface area contributed by atoms with E-state index in [-0.39, 0.29) is 11.8 Å². The van der Waals surface area contributed by atoms with Gasteiger partial charge in [0.05, 0.1) is 18.2 Å². The van der Waals surface area contributed by atoms with Crippen LogP contribution in [0.2, 0.25) is 0 Å². The maximum Gasteiger partial charge on any atom is 0.232 e. The molecule has 132 valence electrons.